The maximum Gasteiger partial charge on any atom is 0.276 e. The van der Waals surface area contributed by atoms with Crippen molar-refractivity contribution in [1.82, 2.24) is 9.55 Å². The molecule has 0 N–H and O–H groups in total. The second-order valence-corrected chi connectivity index (χ2v) is 8.82. The Morgan fingerprint density at radius 2 is 1.87 bits per heavy atom. The fourth-order valence-electron chi connectivity index (χ4n) is 3.20. The summed E-state index contributed by atoms with van der Waals surface area (Å²) in [6.45, 7) is 4.02. The van der Waals surface area contributed by atoms with Gasteiger partial charge in [-0.3, -0.25) is 14.2 Å². The molecular formula is C23H21N3O2S2. The van der Waals surface area contributed by atoms with Gasteiger partial charge in [-0.25, -0.2) is 4.98 Å². The zero-order chi connectivity index (χ0) is 21.3. The normalized spacial score (nSPS) is 11.0. The van der Waals surface area contributed by atoms with E-state index in [1.807, 2.05) is 73.8 Å². The number of nitrogens with zero attached hydrogens (tertiary/aromatic N) is 3. The van der Waals surface area contributed by atoms with E-state index in [4.69, 9.17) is 4.98 Å². The molecule has 0 atom stereocenters. The van der Waals surface area contributed by atoms with Gasteiger partial charge in [0.25, 0.3) is 5.56 Å². The summed E-state index contributed by atoms with van der Waals surface area (Å²) < 4.78 is 2.26. The number of thiophene rings is 1. The van der Waals surface area contributed by atoms with Crippen molar-refractivity contribution in [3.8, 4) is 5.69 Å². The minimum Gasteiger partial charge on any atom is -0.315 e. The molecule has 30 heavy (non-hydrogen) atoms. The molecule has 0 unspecified atom stereocenters. The Labute approximate surface area is 183 Å². The summed E-state index contributed by atoms with van der Waals surface area (Å²) in [5.41, 5.74) is 4.31. The van der Waals surface area contributed by atoms with Gasteiger partial charge in [-0.1, -0.05) is 42.1 Å². The highest BCUT2D eigenvalue weighted by atomic mass is 32.2. The van der Waals surface area contributed by atoms with Crippen LogP contribution in [0.2, 0.25) is 0 Å². The van der Waals surface area contributed by atoms with E-state index in [1.54, 1.807) is 16.5 Å². The molecule has 0 fully saturated rings. The van der Waals surface area contributed by atoms with Crippen LogP contribution in [0.3, 0.4) is 0 Å². The van der Waals surface area contributed by atoms with Crippen LogP contribution in [-0.4, -0.2) is 28.3 Å². The molecule has 1 amide bonds. The fraction of sp³-hybridized carbons (Fsp3) is 0.174. The third-order valence-electron chi connectivity index (χ3n) is 5.11. The largest absolute Gasteiger partial charge is 0.315 e. The van der Waals surface area contributed by atoms with Gasteiger partial charge in [0.1, 0.15) is 4.70 Å². The molecule has 2 aromatic carbocycles. The molecule has 2 aromatic heterocycles. The van der Waals surface area contributed by atoms with Crippen molar-refractivity contribution in [2.24, 2.45) is 0 Å². The second-order valence-electron chi connectivity index (χ2n) is 6.97. The van der Waals surface area contributed by atoms with E-state index in [-0.39, 0.29) is 17.2 Å². The number of aromatic nitrogens is 2. The highest BCUT2D eigenvalue weighted by Crippen LogP contribution is 2.26. The lowest BCUT2D eigenvalue weighted by Gasteiger charge is -2.18. The number of fused-ring (bicyclic) bond motifs is 1. The predicted octanol–water partition coefficient (Wildman–Crippen LogP) is 4.82. The number of hydrogen-bond acceptors (Lipinski definition) is 5. The van der Waals surface area contributed by atoms with Crippen molar-refractivity contribution in [3.05, 3.63) is 81.5 Å². The highest BCUT2D eigenvalue weighted by molar-refractivity contribution is 7.99. The van der Waals surface area contributed by atoms with Gasteiger partial charge in [-0.15, -0.1) is 11.3 Å². The van der Waals surface area contributed by atoms with E-state index < -0.39 is 0 Å². The Bertz CT molecular complexity index is 1280. The minimum atomic E-state index is -0.102. The molecule has 4 aromatic rings. The fourth-order valence-corrected chi connectivity index (χ4v) is 4.88. The predicted molar refractivity (Wildman–Crippen MR) is 125 cm³/mol. The van der Waals surface area contributed by atoms with Crippen LogP contribution in [0, 0.1) is 13.8 Å². The van der Waals surface area contributed by atoms with E-state index in [0.717, 1.165) is 22.5 Å². The molecule has 0 aliphatic heterocycles. The molecule has 0 radical (unpaired) electrons. The first-order valence-corrected chi connectivity index (χ1v) is 11.3. The number of para-hydroxylation sites is 1. The van der Waals surface area contributed by atoms with Gasteiger partial charge in [0.15, 0.2) is 5.16 Å². The van der Waals surface area contributed by atoms with Gasteiger partial charge < -0.3 is 4.90 Å². The lowest BCUT2D eigenvalue weighted by molar-refractivity contribution is -0.115. The standard InChI is InChI=1S/C23H21N3O2S2/c1-15-8-7-11-19(16(15)2)26-22(28)21-18(12-13-29-21)24-23(26)30-14-20(27)25(3)17-9-5-4-6-10-17/h4-13H,14H2,1-3H3. The first-order valence-electron chi connectivity index (χ1n) is 9.48. The number of anilines is 1. The lowest BCUT2D eigenvalue weighted by Crippen LogP contribution is -2.28. The number of hydrogen-bond donors (Lipinski definition) is 0. The van der Waals surface area contributed by atoms with Crippen LogP contribution in [0.15, 0.2) is 69.9 Å². The maximum atomic E-state index is 13.3. The van der Waals surface area contributed by atoms with Crippen molar-refractivity contribution in [3.63, 3.8) is 0 Å². The number of rotatable bonds is 5. The van der Waals surface area contributed by atoms with Gasteiger partial charge in [-0.2, -0.15) is 0 Å². The van der Waals surface area contributed by atoms with Crippen molar-refractivity contribution < 1.29 is 4.79 Å². The summed E-state index contributed by atoms with van der Waals surface area (Å²) in [5.74, 6) is 0.122. The van der Waals surface area contributed by atoms with Crippen LogP contribution in [0.1, 0.15) is 11.1 Å². The highest BCUT2D eigenvalue weighted by Gasteiger charge is 2.18. The number of amides is 1. The van der Waals surface area contributed by atoms with E-state index >= 15 is 0 Å². The molecule has 5 nitrogen and oxygen atoms in total. The molecule has 0 aliphatic carbocycles. The average Bonchev–Trinajstić information content (AvgIpc) is 3.23. The molecule has 0 aliphatic rings. The Hall–Kier alpha value is -2.90. The molecular weight excluding hydrogens is 414 g/mol. The van der Waals surface area contributed by atoms with Crippen LogP contribution < -0.4 is 10.5 Å². The summed E-state index contributed by atoms with van der Waals surface area (Å²) in [6.07, 6.45) is 0. The van der Waals surface area contributed by atoms with E-state index in [9.17, 15) is 9.59 Å². The summed E-state index contributed by atoms with van der Waals surface area (Å²) in [7, 11) is 1.76. The molecule has 0 saturated carbocycles. The van der Waals surface area contributed by atoms with Gasteiger partial charge >= 0.3 is 0 Å². The first kappa shape index (κ1) is 20.4. The summed E-state index contributed by atoms with van der Waals surface area (Å²) in [6, 6.07) is 17.2. The van der Waals surface area contributed by atoms with Crippen LogP contribution in [0.5, 0.6) is 0 Å². The van der Waals surface area contributed by atoms with E-state index in [1.165, 1.54) is 23.1 Å². The van der Waals surface area contributed by atoms with Crippen molar-refractivity contribution >= 4 is 44.9 Å². The molecule has 2 heterocycles. The summed E-state index contributed by atoms with van der Waals surface area (Å²) in [5, 5.41) is 2.39. The summed E-state index contributed by atoms with van der Waals surface area (Å²) in [4.78, 5) is 32.4. The van der Waals surface area contributed by atoms with Crippen LogP contribution in [0.25, 0.3) is 15.9 Å². The molecule has 4 rings (SSSR count). The lowest BCUT2D eigenvalue weighted by atomic mass is 10.1. The van der Waals surface area contributed by atoms with Crippen molar-refractivity contribution in [2.45, 2.75) is 19.0 Å². The zero-order valence-electron chi connectivity index (χ0n) is 17.0. The number of carbonyl (C=O) groups excluding carboxylic acids is 1. The van der Waals surface area contributed by atoms with E-state index in [0.29, 0.717) is 15.4 Å². The Kier molecular flexibility index (Phi) is 5.74. The van der Waals surface area contributed by atoms with Crippen LogP contribution in [-0.2, 0) is 4.79 Å². The van der Waals surface area contributed by atoms with Gasteiger partial charge in [-0.05, 0) is 54.6 Å². The molecule has 0 bridgehead atoms. The number of benzene rings is 2. The third kappa shape index (κ3) is 3.78. The molecule has 152 valence electrons. The number of carbonyl (C=O) groups is 1. The van der Waals surface area contributed by atoms with Crippen molar-refractivity contribution in [1.29, 1.82) is 0 Å². The Morgan fingerprint density at radius 1 is 1.10 bits per heavy atom. The van der Waals surface area contributed by atoms with Crippen LogP contribution in [0.4, 0.5) is 5.69 Å². The van der Waals surface area contributed by atoms with Gasteiger partial charge in [0.05, 0.1) is 17.0 Å². The summed E-state index contributed by atoms with van der Waals surface area (Å²) >= 11 is 2.67. The first-order chi connectivity index (χ1) is 14.5. The SMILES string of the molecule is Cc1cccc(-n2c(SCC(=O)N(C)c3ccccc3)nc3ccsc3c2=O)c1C. The smallest absolute Gasteiger partial charge is 0.276 e. The van der Waals surface area contributed by atoms with E-state index in [2.05, 4.69) is 0 Å². The Morgan fingerprint density at radius 3 is 2.63 bits per heavy atom. The quantitative estimate of drug-likeness (QED) is 0.333. The average molecular weight is 436 g/mol. The molecule has 0 saturated heterocycles. The van der Waals surface area contributed by atoms with Gasteiger partial charge in [0, 0.05) is 12.7 Å². The minimum absolute atomic E-state index is 0.0571. The number of aryl methyl sites for hydroxylation is 1. The third-order valence-corrected chi connectivity index (χ3v) is 6.92. The van der Waals surface area contributed by atoms with Gasteiger partial charge in [0.2, 0.25) is 5.91 Å². The molecule has 7 heteroatoms. The number of thioether (sulfide) groups is 1. The van der Waals surface area contributed by atoms with Crippen molar-refractivity contribution in [2.75, 3.05) is 17.7 Å². The van der Waals surface area contributed by atoms with Crippen LogP contribution >= 0.6 is 23.1 Å². The second kappa shape index (κ2) is 8.45. The maximum absolute atomic E-state index is 13.3. The topological polar surface area (TPSA) is 55.2 Å². The monoisotopic (exact) mass is 435 g/mol. The Balaban J connectivity index is 1.72. The molecule has 0 spiro atoms. The zero-order valence-corrected chi connectivity index (χ0v) is 18.6.